The average molecular weight is 740 g/mol. The largest absolute Gasteiger partial charge is 0.497 e. The summed E-state index contributed by atoms with van der Waals surface area (Å²) in [6, 6.07) is 16.1. The molecule has 3 saturated carbocycles. The molecule has 292 valence electrons. The van der Waals surface area contributed by atoms with Crippen molar-refractivity contribution in [2.24, 2.45) is 11.8 Å². The lowest BCUT2D eigenvalue weighted by atomic mass is 9.66. The molecule has 0 spiro atoms. The monoisotopic (exact) mass is 739 g/mol. The van der Waals surface area contributed by atoms with Crippen LogP contribution in [0.5, 0.6) is 11.5 Å². The smallest absolute Gasteiger partial charge is 0.163 e. The summed E-state index contributed by atoms with van der Waals surface area (Å²) in [5.74, 6) is 3.37. The number of hydrogen-bond acceptors (Lipinski definition) is 10. The molecule has 0 amide bonds. The van der Waals surface area contributed by atoms with E-state index in [9.17, 15) is 0 Å². The molecule has 4 fully saturated rings. The van der Waals surface area contributed by atoms with Crippen molar-refractivity contribution in [1.29, 1.82) is 0 Å². The molecular formula is C43H61N7O4. The van der Waals surface area contributed by atoms with Crippen molar-refractivity contribution in [1.82, 2.24) is 20.1 Å². The maximum absolute atomic E-state index is 6.69. The molecule has 3 aliphatic heterocycles. The van der Waals surface area contributed by atoms with Crippen LogP contribution >= 0.6 is 0 Å². The molecule has 0 bridgehead atoms. The molecule has 9 rings (SSSR count). The van der Waals surface area contributed by atoms with Gasteiger partial charge in [0.2, 0.25) is 0 Å². The van der Waals surface area contributed by atoms with E-state index in [2.05, 4.69) is 100 Å². The van der Waals surface area contributed by atoms with Crippen molar-refractivity contribution in [3.05, 3.63) is 65.4 Å². The first-order valence-electron chi connectivity index (χ1n) is 20.5. The molecule has 6 atom stereocenters. The van der Waals surface area contributed by atoms with Crippen LogP contribution in [0.2, 0.25) is 0 Å². The normalized spacial score (nSPS) is 31.3. The van der Waals surface area contributed by atoms with Gasteiger partial charge in [-0.15, -0.1) is 0 Å². The van der Waals surface area contributed by atoms with Gasteiger partial charge in [0.25, 0.3) is 0 Å². The molecule has 3 aromatic rings. The predicted molar refractivity (Wildman–Crippen MR) is 213 cm³/mol. The molecule has 0 radical (unpaired) electrons. The maximum atomic E-state index is 6.69. The van der Waals surface area contributed by atoms with Crippen molar-refractivity contribution in [2.75, 3.05) is 50.4 Å². The van der Waals surface area contributed by atoms with Crippen LogP contribution < -0.4 is 36.1 Å². The van der Waals surface area contributed by atoms with Gasteiger partial charge >= 0.3 is 0 Å². The van der Waals surface area contributed by atoms with Crippen molar-refractivity contribution >= 4 is 17.2 Å². The van der Waals surface area contributed by atoms with Crippen LogP contribution in [-0.2, 0) is 21.4 Å². The summed E-state index contributed by atoms with van der Waals surface area (Å²) in [7, 11) is 5.71. The van der Waals surface area contributed by atoms with Gasteiger partial charge in [0.1, 0.15) is 23.4 Å². The quantitative estimate of drug-likeness (QED) is 0.124. The lowest BCUT2D eigenvalue weighted by molar-refractivity contribution is -0.161. The van der Waals surface area contributed by atoms with Gasteiger partial charge < -0.3 is 44.4 Å². The van der Waals surface area contributed by atoms with Crippen LogP contribution in [-0.4, -0.2) is 74.2 Å². The van der Waals surface area contributed by atoms with Gasteiger partial charge in [-0.05, 0) is 107 Å². The summed E-state index contributed by atoms with van der Waals surface area (Å²) in [5.41, 5.74) is 6.73. The van der Waals surface area contributed by atoms with Crippen LogP contribution in [0.3, 0.4) is 0 Å². The van der Waals surface area contributed by atoms with E-state index in [1.807, 2.05) is 12.1 Å². The van der Waals surface area contributed by atoms with E-state index in [1.54, 1.807) is 14.2 Å². The highest BCUT2D eigenvalue weighted by Gasteiger charge is 2.55. The van der Waals surface area contributed by atoms with E-state index in [0.29, 0.717) is 36.8 Å². The Kier molecular flexibility index (Phi) is 9.53. The van der Waals surface area contributed by atoms with Gasteiger partial charge in [0, 0.05) is 48.4 Å². The fourth-order valence-corrected chi connectivity index (χ4v) is 10.3. The molecule has 1 saturated heterocycles. The van der Waals surface area contributed by atoms with Crippen LogP contribution in [0.25, 0.3) is 0 Å². The number of nitrogens with one attached hydrogen (secondary N) is 5. The zero-order chi connectivity index (χ0) is 37.2. The molecule has 4 heterocycles. The first kappa shape index (κ1) is 36.2. The van der Waals surface area contributed by atoms with Crippen molar-refractivity contribution in [2.45, 2.75) is 127 Å². The molecular weight excluding hydrogens is 679 g/mol. The lowest BCUT2D eigenvalue weighted by Gasteiger charge is -2.43. The Bertz CT molecular complexity index is 1820. The third kappa shape index (κ3) is 6.74. The van der Waals surface area contributed by atoms with Crippen LogP contribution in [0, 0.1) is 11.8 Å². The lowest BCUT2D eigenvalue weighted by Crippen LogP contribution is -2.46. The van der Waals surface area contributed by atoms with Gasteiger partial charge in [-0.3, -0.25) is 10.6 Å². The number of ether oxygens (including phenoxy) is 4. The third-order valence-corrected chi connectivity index (χ3v) is 13.8. The van der Waals surface area contributed by atoms with Crippen molar-refractivity contribution in [3.63, 3.8) is 0 Å². The fraction of sp³-hybridized carbons (Fsp3) is 0.628. The molecule has 1 aromatic heterocycles. The molecule has 2 aromatic carbocycles. The third-order valence-electron chi connectivity index (χ3n) is 13.8. The van der Waals surface area contributed by atoms with E-state index in [-0.39, 0.29) is 24.4 Å². The summed E-state index contributed by atoms with van der Waals surface area (Å²) in [6.07, 6.45) is 12.7. The molecule has 2 unspecified atom stereocenters. The number of hydrogen-bond donors (Lipinski definition) is 5. The summed E-state index contributed by atoms with van der Waals surface area (Å²) < 4.78 is 26.8. The van der Waals surface area contributed by atoms with Crippen LogP contribution in [0.15, 0.2) is 48.7 Å². The standard InChI is InChI=1S/C43H61N7O4/c1-42(2)53-38-28(24-49(4)30-18-26(19-30)8-13-37-47-33-12-10-29(21-34(33)48-37)43(3)15-7-16-43)20-35(39(38)54-42)50-17-14-32-40(45-25-46-41(32)50)44-23-27-9-11-31(51-5)22-36(27)52-6/h9-12,14,17,21-22,26,28,30,35,37-40,44-48H,7-8,13,15-16,18-20,23-25H2,1-6H3/t26?,28-,30?,35-,37?,38-,39+,40?/m1/s1. The number of benzene rings is 2. The van der Waals surface area contributed by atoms with E-state index < -0.39 is 5.79 Å². The van der Waals surface area contributed by atoms with Crippen molar-refractivity contribution in [3.8, 4) is 11.5 Å². The second-order valence-electron chi connectivity index (χ2n) is 17.7. The minimum absolute atomic E-state index is 0.00106. The minimum atomic E-state index is -0.588. The number of aromatic nitrogens is 1. The number of fused-ring (bicyclic) bond motifs is 3. The Balaban J connectivity index is 0.795. The number of rotatable bonds is 13. The second-order valence-corrected chi connectivity index (χ2v) is 17.7. The zero-order valence-corrected chi connectivity index (χ0v) is 33.0. The first-order valence-corrected chi connectivity index (χ1v) is 20.5. The van der Waals surface area contributed by atoms with Gasteiger partial charge in [-0.2, -0.15) is 0 Å². The van der Waals surface area contributed by atoms with Crippen molar-refractivity contribution < 1.29 is 18.9 Å². The number of methoxy groups -OCH3 is 2. The molecule has 11 nitrogen and oxygen atoms in total. The minimum Gasteiger partial charge on any atom is -0.497 e. The Hall–Kier alpha value is -3.48. The van der Waals surface area contributed by atoms with E-state index in [4.69, 9.17) is 18.9 Å². The Labute approximate surface area is 321 Å². The van der Waals surface area contributed by atoms with Crippen LogP contribution in [0.4, 0.5) is 17.2 Å². The topological polar surface area (TPSA) is 105 Å². The van der Waals surface area contributed by atoms with Gasteiger partial charge in [-0.1, -0.05) is 25.5 Å². The highest BCUT2D eigenvalue weighted by molar-refractivity contribution is 5.75. The zero-order valence-electron chi connectivity index (χ0n) is 33.0. The maximum Gasteiger partial charge on any atom is 0.163 e. The predicted octanol–water partition coefficient (Wildman–Crippen LogP) is 7.14. The summed E-state index contributed by atoms with van der Waals surface area (Å²) in [5, 5.41) is 18.5. The highest BCUT2D eigenvalue weighted by atomic mass is 16.8. The number of nitrogens with zero attached hydrogens (tertiary/aromatic N) is 2. The Morgan fingerprint density at radius 1 is 0.926 bits per heavy atom. The molecule has 5 N–H and O–H groups in total. The van der Waals surface area contributed by atoms with Crippen LogP contribution in [0.1, 0.15) is 101 Å². The SMILES string of the molecule is COc1ccc(CNC2NCNc3c2ccn3[C@@H]2C[C@H](CN(C)C3CC(CCC4Nc5ccc(C6(C)CCC6)cc5N4)C3)[C@H]3OC(C)(C)O[C@H]32)c(OC)c1. The van der Waals surface area contributed by atoms with Gasteiger partial charge in [0.05, 0.1) is 56.7 Å². The van der Waals surface area contributed by atoms with Gasteiger partial charge in [-0.25, -0.2) is 0 Å². The Morgan fingerprint density at radius 2 is 1.74 bits per heavy atom. The molecule has 6 aliphatic rings. The van der Waals surface area contributed by atoms with E-state index >= 15 is 0 Å². The van der Waals surface area contributed by atoms with E-state index in [0.717, 1.165) is 48.2 Å². The average Bonchev–Trinajstić information content (AvgIpc) is 3.90. The highest BCUT2D eigenvalue weighted by Crippen LogP contribution is 2.50. The first-order chi connectivity index (χ1) is 26.1. The molecule has 11 heteroatoms. The molecule has 54 heavy (non-hydrogen) atoms. The number of anilines is 3. The Morgan fingerprint density at radius 3 is 2.52 bits per heavy atom. The second kappa shape index (κ2) is 14.2. The van der Waals surface area contributed by atoms with Gasteiger partial charge in [0.15, 0.2) is 5.79 Å². The molecule has 3 aliphatic carbocycles. The fourth-order valence-electron chi connectivity index (χ4n) is 10.3. The summed E-state index contributed by atoms with van der Waals surface area (Å²) in [6.45, 7) is 8.92. The summed E-state index contributed by atoms with van der Waals surface area (Å²) >= 11 is 0. The van der Waals surface area contributed by atoms with E-state index in [1.165, 1.54) is 61.0 Å². The summed E-state index contributed by atoms with van der Waals surface area (Å²) in [4.78, 5) is 2.63.